The molecule has 0 aliphatic rings. The van der Waals surface area contributed by atoms with Gasteiger partial charge >= 0.3 is 6.03 Å². The largest absolute Gasteiger partial charge is 0.439 e. The first-order valence-electron chi connectivity index (χ1n) is 7.73. The molecule has 23 heavy (non-hydrogen) atoms. The topological polar surface area (TPSA) is 87.4 Å². The first-order valence-corrected chi connectivity index (χ1v) is 7.73. The zero-order valence-corrected chi connectivity index (χ0v) is 13.5. The van der Waals surface area contributed by atoms with Gasteiger partial charge in [0.1, 0.15) is 0 Å². The van der Waals surface area contributed by atoms with Gasteiger partial charge in [0.15, 0.2) is 5.76 Å². The molecule has 0 radical (unpaired) electrons. The fourth-order valence-corrected chi connectivity index (χ4v) is 2.27. The Kier molecular flexibility index (Phi) is 6.17. The van der Waals surface area contributed by atoms with E-state index in [9.17, 15) is 9.90 Å². The van der Waals surface area contributed by atoms with Gasteiger partial charge in [0.2, 0.25) is 5.89 Å². The maximum atomic E-state index is 11.8. The zero-order chi connectivity index (χ0) is 16.7. The molecule has 0 fully saturated rings. The number of oxazole rings is 1. The summed E-state index contributed by atoms with van der Waals surface area (Å²) in [5, 5.41) is 14.7. The first kappa shape index (κ1) is 17.0. The summed E-state index contributed by atoms with van der Waals surface area (Å²) in [5.41, 5.74) is 0.938. The number of nitrogens with zero attached hydrogens (tertiary/aromatic N) is 1. The van der Waals surface area contributed by atoms with Gasteiger partial charge in [0.05, 0.1) is 25.4 Å². The van der Waals surface area contributed by atoms with E-state index in [1.807, 2.05) is 44.2 Å². The zero-order valence-electron chi connectivity index (χ0n) is 13.5. The number of aliphatic hydroxyl groups excluding tert-OH is 1. The van der Waals surface area contributed by atoms with Gasteiger partial charge in [-0.05, 0) is 12.3 Å². The standard InChI is InChI=1S/C17H23N3O3/c1-12(2)8-14(11-21)20-17(22)19-10-16-18-9-15(23-16)13-6-4-3-5-7-13/h3-7,9,12,14,21H,8,10-11H2,1-2H3,(H2,19,20,22). The number of amides is 2. The summed E-state index contributed by atoms with van der Waals surface area (Å²) >= 11 is 0. The highest BCUT2D eigenvalue weighted by Crippen LogP contribution is 2.19. The van der Waals surface area contributed by atoms with Crippen LogP contribution in [-0.4, -0.2) is 28.8 Å². The van der Waals surface area contributed by atoms with Gasteiger partial charge in [-0.25, -0.2) is 9.78 Å². The van der Waals surface area contributed by atoms with Gasteiger partial charge < -0.3 is 20.2 Å². The molecule has 0 saturated carbocycles. The lowest BCUT2D eigenvalue weighted by atomic mass is 10.0. The van der Waals surface area contributed by atoms with E-state index in [0.717, 1.165) is 12.0 Å². The summed E-state index contributed by atoms with van der Waals surface area (Å²) in [7, 11) is 0. The third-order valence-corrected chi connectivity index (χ3v) is 3.32. The number of rotatable bonds is 7. The number of nitrogens with one attached hydrogen (secondary N) is 2. The number of carbonyl (C=O) groups excluding carboxylic acids is 1. The summed E-state index contributed by atoms with van der Waals surface area (Å²) in [6, 6.07) is 9.05. The minimum Gasteiger partial charge on any atom is -0.439 e. The molecule has 2 amide bonds. The van der Waals surface area contributed by atoms with Crippen molar-refractivity contribution in [3.05, 3.63) is 42.4 Å². The van der Waals surface area contributed by atoms with E-state index in [-0.39, 0.29) is 25.2 Å². The molecule has 2 rings (SSSR count). The summed E-state index contributed by atoms with van der Waals surface area (Å²) in [4.78, 5) is 16.0. The van der Waals surface area contributed by atoms with Crippen LogP contribution in [0.2, 0.25) is 0 Å². The number of aliphatic hydroxyl groups is 1. The normalized spacial score (nSPS) is 12.2. The molecule has 0 saturated heterocycles. The number of hydrogen-bond acceptors (Lipinski definition) is 4. The summed E-state index contributed by atoms with van der Waals surface area (Å²) in [6.45, 7) is 4.20. The Morgan fingerprint density at radius 3 is 2.70 bits per heavy atom. The molecule has 0 spiro atoms. The van der Waals surface area contributed by atoms with Crippen LogP contribution in [0.5, 0.6) is 0 Å². The van der Waals surface area contributed by atoms with Crippen molar-refractivity contribution in [3.8, 4) is 11.3 Å². The van der Waals surface area contributed by atoms with Crippen LogP contribution in [0, 0.1) is 5.92 Å². The van der Waals surface area contributed by atoms with E-state index in [1.165, 1.54) is 0 Å². The predicted octanol–water partition coefficient (Wildman–Crippen LogP) is 2.55. The Hall–Kier alpha value is -2.34. The lowest BCUT2D eigenvalue weighted by Crippen LogP contribution is -2.44. The minimum atomic E-state index is -0.343. The van der Waals surface area contributed by atoms with Crippen LogP contribution < -0.4 is 10.6 Å². The van der Waals surface area contributed by atoms with E-state index in [2.05, 4.69) is 15.6 Å². The molecular formula is C17H23N3O3. The smallest absolute Gasteiger partial charge is 0.315 e. The van der Waals surface area contributed by atoms with Crippen LogP contribution in [0.4, 0.5) is 4.79 Å². The van der Waals surface area contributed by atoms with Gasteiger partial charge in [-0.2, -0.15) is 0 Å². The Labute approximate surface area is 135 Å². The molecule has 6 nitrogen and oxygen atoms in total. The molecule has 1 aromatic heterocycles. The number of benzene rings is 1. The minimum absolute atomic E-state index is 0.0806. The highest BCUT2D eigenvalue weighted by Gasteiger charge is 2.13. The predicted molar refractivity (Wildman–Crippen MR) is 87.6 cm³/mol. The van der Waals surface area contributed by atoms with Gasteiger partial charge in [-0.3, -0.25) is 0 Å². The number of urea groups is 1. The molecule has 2 aromatic rings. The van der Waals surface area contributed by atoms with Crippen molar-refractivity contribution in [2.24, 2.45) is 5.92 Å². The SMILES string of the molecule is CC(C)CC(CO)NC(=O)NCc1ncc(-c2ccccc2)o1. The van der Waals surface area contributed by atoms with E-state index in [1.54, 1.807) is 6.20 Å². The third-order valence-electron chi connectivity index (χ3n) is 3.32. The highest BCUT2D eigenvalue weighted by atomic mass is 16.4. The lowest BCUT2D eigenvalue weighted by molar-refractivity contribution is 0.206. The van der Waals surface area contributed by atoms with Gasteiger partial charge in [-0.15, -0.1) is 0 Å². The van der Waals surface area contributed by atoms with Crippen molar-refractivity contribution in [3.63, 3.8) is 0 Å². The molecular weight excluding hydrogens is 294 g/mol. The molecule has 0 bridgehead atoms. The molecule has 0 aliphatic carbocycles. The first-order chi connectivity index (χ1) is 11.1. The van der Waals surface area contributed by atoms with Crippen molar-refractivity contribution in [1.29, 1.82) is 0 Å². The van der Waals surface area contributed by atoms with E-state index >= 15 is 0 Å². The quantitative estimate of drug-likeness (QED) is 0.732. The average Bonchev–Trinajstić information content (AvgIpc) is 3.01. The molecule has 1 unspecified atom stereocenters. The van der Waals surface area contributed by atoms with Crippen molar-refractivity contribution in [1.82, 2.24) is 15.6 Å². The fraction of sp³-hybridized carbons (Fsp3) is 0.412. The maximum Gasteiger partial charge on any atom is 0.315 e. The second-order valence-corrected chi connectivity index (χ2v) is 5.82. The van der Waals surface area contributed by atoms with Crippen molar-refractivity contribution in [2.75, 3.05) is 6.61 Å². The van der Waals surface area contributed by atoms with Gasteiger partial charge in [-0.1, -0.05) is 44.2 Å². The van der Waals surface area contributed by atoms with Crippen LogP contribution in [-0.2, 0) is 6.54 Å². The summed E-state index contributed by atoms with van der Waals surface area (Å²) in [6.07, 6.45) is 2.36. The number of hydrogen-bond donors (Lipinski definition) is 3. The maximum absolute atomic E-state index is 11.8. The molecule has 1 aromatic carbocycles. The van der Waals surface area contributed by atoms with E-state index in [0.29, 0.717) is 17.6 Å². The monoisotopic (exact) mass is 317 g/mol. The molecule has 0 aliphatic heterocycles. The Balaban J connectivity index is 1.84. The van der Waals surface area contributed by atoms with Gasteiger partial charge in [0, 0.05) is 5.56 Å². The summed E-state index contributed by atoms with van der Waals surface area (Å²) in [5.74, 6) is 1.49. The molecule has 3 N–H and O–H groups in total. The summed E-state index contributed by atoms with van der Waals surface area (Å²) < 4.78 is 5.61. The molecule has 6 heteroatoms. The Morgan fingerprint density at radius 1 is 1.30 bits per heavy atom. The van der Waals surface area contributed by atoms with E-state index < -0.39 is 0 Å². The van der Waals surface area contributed by atoms with Crippen LogP contribution in [0.15, 0.2) is 40.9 Å². The van der Waals surface area contributed by atoms with Crippen molar-refractivity contribution < 1.29 is 14.3 Å². The van der Waals surface area contributed by atoms with Crippen molar-refractivity contribution >= 4 is 6.03 Å². The molecule has 1 atom stereocenters. The van der Waals surface area contributed by atoms with Gasteiger partial charge in [0.25, 0.3) is 0 Å². The second kappa shape index (κ2) is 8.33. The average molecular weight is 317 g/mol. The fourth-order valence-electron chi connectivity index (χ4n) is 2.27. The number of carbonyl (C=O) groups is 1. The Bertz CT molecular complexity index is 611. The second-order valence-electron chi connectivity index (χ2n) is 5.82. The van der Waals surface area contributed by atoms with Crippen LogP contribution in [0.1, 0.15) is 26.2 Å². The van der Waals surface area contributed by atoms with Crippen molar-refractivity contribution in [2.45, 2.75) is 32.9 Å². The molecule has 124 valence electrons. The van der Waals surface area contributed by atoms with Crippen LogP contribution >= 0.6 is 0 Å². The number of aromatic nitrogens is 1. The van der Waals surface area contributed by atoms with E-state index in [4.69, 9.17) is 4.42 Å². The highest BCUT2D eigenvalue weighted by molar-refractivity contribution is 5.74. The Morgan fingerprint density at radius 2 is 2.04 bits per heavy atom. The molecule has 1 heterocycles. The third kappa shape index (κ3) is 5.41. The van der Waals surface area contributed by atoms with Crippen LogP contribution in [0.25, 0.3) is 11.3 Å². The van der Waals surface area contributed by atoms with Crippen LogP contribution in [0.3, 0.4) is 0 Å². The lowest BCUT2D eigenvalue weighted by Gasteiger charge is -2.18.